The third kappa shape index (κ3) is 5.00. The molecular formula is C19H31N5O3S. The van der Waals surface area contributed by atoms with Crippen molar-refractivity contribution in [2.45, 2.75) is 51.9 Å². The number of aromatic amines is 1. The summed E-state index contributed by atoms with van der Waals surface area (Å²) < 4.78 is 32.3. The minimum atomic E-state index is -3.17. The molecular weight excluding hydrogens is 378 g/mol. The van der Waals surface area contributed by atoms with Crippen molar-refractivity contribution in [1.82, 2.24) is 25.0 Å². The molecule has 0 amide bonds. The molecule has 156 valence electrons. The third-order valence-electron chi connectivity index (χ3n) is 5.20. The molecule has 3 rings (SSSR count). The van der Waals surface area contributed by atoms with Crippen molar-refractivity contribution in [1.29, 1.82) is 0 Å². The Morgan fingerprint density at radius 1 is 1.29 bits per heavy atom. The Labute approximate surface area is 167 Å². The Balaban J connectivity index is 1.70. The van der Waals surface area contributed by atoms with Crippen LogP contribution in [0.1, 0.15) is 58.0 Å². The lowest BCUT2D eigenvalue weighted by Gasteiger charge is -2.22. The quantitative estimate of drug-likeness (QED) is 0.786. The summed E-state index contributed by atoms with van der Waals surface area (Å²) in [5, 5.41) is 13.0. The van der Waals surface area contributed by atoms with Crippen LogP contribution in [0, 0.1) is 5.92 Å². The molecule has 1 atom stereocenters. The van der Waals surface area contributed by atoms with Crippen molar-refractivity contribution in [3.63, 3.8) is 0 Å². The lowest BCUT2D eigenvalue weighted by Crippen LogP contribution is -2.26. The maximum atomic E-state index is 12.6. The number of aryl methyl sites for hydroxylation is 1. The van der Waals surface area contributed by atoms with E-state index in [4.69, 9.17) is 4.74 Å². The van der Waals surface area contributed by atoms with E-state index in [0.717, 1.165) is 24.2 Å². The molecule has 0 spiro atoms. The summed E-state index contributed by atoms with van der Waals surface area (Å²) >= 11 is 0. The Bertz CT molecular complexity index is 904. The van der Waals surface area contributed by atoms with Crippen LogP contribution in [0.3, 0.4) is 0 Å². The van der Waals surface area contributed by atoms with Gasteiger partial charge in [0.1, 0.15) is 11.5 Å². The van der Waals surface area contributed by atoms with E-state index in [2.05, 4.69) is 41.1 Å². The van der Waals surface area contributed by atoms with Gasteiger partial charge in [0, 0.05) is 31.6 Å². The largest absolute Gasteiger partial charge is 0.381 e. The number of H-pyrrole nitrogens is 1. The monoisotopic (exact) mass is 409 g/mol. The predicted molar refractivity (Wildman–Crippen MR) is 108 cm³/mol. The van der Waals surface area contributed by atoms with E-state index in [-0.39, 0.29) is 28.8 Å². The van der Waals surface area contributed by atoms with Crippen molar-refractivity contribution in [3.05, 3.63) is 17.6 Å². The van der Waals surface area contributed by atoms with E-state index in [0.29, 0.717) is 24.9 Å². The number of hydrogen-bond donors (Lipinski definition) is 1. The minimum absolute atomic E-state index is 0.0651. The number of sulfone groups is 1. The van der Waals surface area contributed by atoms with Crippen LogP contribution in [0.25, 0.3) is 11.5 Å². The topological polar surface area (TPSA) is 103 Å². The second kappa shape index (κ2) is 7.94. The lowest BCUT2D eigenvalue weighted by molar-refractivity contribution is 0.0723. The third-order valence-corrected chi connectivity index (χ3v) is 7.18. The molecule has 1 saturated heterocycles. The lowest BCUT2D eigenvalue weighted by atomic mass is 9.92. The van der Waals surface area contributed by atoms with Crippen LogP contribution in [0.5, 0.6) is 0 Å². The summed E-state index contributed by atoms with van der Waals surface area (Å²) in [5.41, 5.74) is 1.74. The smallest absolute Gasteiger partial charge is 0.179 e. The second-order valence-corrected chi connectivity index (χ2v) is 11.0. The molecule has 3 heterocycles. The van der Waals surface area contributed by atoms with Crippen molar-refractivity contribution in [3.8, 4) is 11.5 Å². The molecule has 9 heteroatoms. The van der Waals surface area contributed by atoms with Gasteiger partial charge in [-0.2, -0.15) is 5.10 Å². The molecule has 1 unspecified atom stereocenters. The first kappa shape index (κ1) is 21.0. The predicted octanol–water partition coefficient (Wildman–Crippen LogP) is 2.45. The maximum absolute atomic E-state index is 12.6. The highest BCUT2D eigenvalue weighted by Crippen LogP contribution is 2.26. The molecule has 28 heavy (non-hydrogen) atoms. The fourth-order valence-electron chi connectivity index (χ4n) is 3.47. The Hall–Kier alpha value is -1.74. The standard InChI is InChI=1S/C19H31N5O3S/c1-13(11-28(25,26)12-14-6-8-27-9-7-14)17-20-18(22-21-17)15-10-16(19(2,3)4)23-24(15)5/h10,13-14H,6-9,11-12H2,1-5H3,(H,20,21,22). The summed E-state index contributed by atoms with van der Waals surface area (Å²) in [7, 11) is -1.30. The molecule has 2 aromatic heterocycles. The van der Waals surface area contributed by atoms with E-state index in [1.807, 2.05) is 20.0 Å². The van der Waals surface area contributed by atoms with E-state index >= 15 is 0 Å². The summed E-state index contributed by atoms with van der Waals surface area (Å²) in [6, 6.07) is 2.00. The van der Waals surface area contributed by atoms with Gasteiger partial charge in [-0.05, 0) is 24.8 Å². The van der Waals surface area contributed by atoms with E-state index in [1.54, 1.807) is 4.68 Å². The zero-order chi connectivity index (χ0) is 20.5. The number of rotatable bonds is 6. The molecule has 0 aliphatic carbocycles. The van der Waals surface area contributed by atoms with Gasteiger partial charge < -0.3 is 9.72 Å². The molecule has 1 N–H and O–H groups in total. The molecule has 0 bridgehead atoms. The second-order valence-electron chi connectivity index (χ2n) is 8.88. The first-order valence-electron chi connectivity index (χ1n) is 9.81. The summed E-state index contributed by atoms with van der Waals surface area (Å²) in [6.07, 6.45) is 1.63. The molecule has 1 aliphatic heterocycles. The highest BCUT2D eigenvalue weighted by Gasteiger charge is 2.26. The van der Waals surface area contributed by atoms with Crippen molar-refractivity contribution >= 4 is 9.84 Å². The van der Waals surface area contributed by atoms with Gasteiger partial charge in [-0.25, -0.2) is 8.42 Å². The van der Waals surface area contributed by atoms with Crippen molar-refractivity contribution < 1.29 is 13.2 Å². The van der Waals surface area contributed by atoms with E-state index in [9.17, 15) is 8.42 Å². The van der Waals surface area contributed by atoms with Crippen LogP contribution in [0.15, 0.2) is 6.07 Å². The molecule has 1 aliphatic rings. The van der Waals surface area contributed by atoms with E-state index < -0.39 is 9.84 Å². The number of nitrogens with one attached hydrogen (secondary N) is 1. The fraction of sp³-hybridized carbons (Fsp3) is 0.737. The van der Waals surface area contributed by atoms with Gasteiger partial charge in [0.2, 0.25) is 0 Å². The van der Waals surface area contributed by atoms with Crippen molar-refractivity contribution in [2.24, 2.45) is 13.0 Å². The zero-order valence-corrected chi connectivity index (χ0v) is 18.2. The van der Waals surface area contributed by atoms with Gasteiger partial charge in [0.15, 0.2) is 15.7 Å². The van der Waals surface area contributed by atoms with Crippen LogP contribution in [0.4, 0.5) is 0 Å². The van der Waals surface area contributed by atoms with E-state index in [1.165, 1.54) is 0 Å². The first-order valence-corrected chi connectivity index (χ1v) is 11.6. The summed E-state index contributed by atoms with van der Waals surface area (Å²) in [4.78, 5) is 3.19. The van der Waals surface area contributed by atoms with Gasteiger partial charge in [-0.15, -0.1) is 10.2 Å². The Morgan fingerprint density at radius 3 is 2.57 bits per heavy atom. The van der Waals surface area contributed by atoms with Crippen LogP contribution in [-0.4, -0.2) is 58.1 Å². The molecule has 2 aromatic rings. The molecule has 0 radical (unpaired) electrons. The van der Waals surface area contributed by atoms with Gasteiger partial charge >= 0.3 is 0 Å². The van der Waals surface area contributed by atoms with Gasteiger partial charge in [0.25, 0.3) is 0 Å². The maximum Gasteiger partial charge on any atom is 0.179 e. The zero-order valence-electron chi connectivity index (χ0n) is 17.4. The van der Waals surface area contributed by atoms with Crippen molar-refractivity contribution in [2.75, 3.05) is 24.7 Å². The average Bonchev–Trinajstić information content (AvgIpc) is 3.21. The highest BCUT2D eigenvalue weighted by molar-refractivity contribution is 7.91. The molecule has 1 fully saturated rings. The van der Waals surface area contributed by atoms with Gasteiger partial charge in [-0.1, -0.05) is 27.7 Å². The Morgan fingerprint density at radius 2 is 1.96 bits per heavy atom. The normalized spacial score (nSPS) is 17.8. The van der Waals surface area contributed by atoms with Crippen LogP contribution in [-0.2, 0) is 27.0 Å². The van der Waals surface area contributed by atoms with Crippen LogP contribution in [0.2, 0.25) is 0 Å². The van der Waals surface area contributed by atoms with Gasteiger partial charge in [0.05, 0.1) is 17.2 Å². The highest BCUT2D eigenvalue weighted by atomic mass is 32.2. The number of aromatic nitrogens is 5. The summed E-state index contributed by atoms with van der Waals surface area (Å²) in [5.74, 6) is 1.43. The SMILES string of the molecule is CC(CS(=O)(=O)CC1CCOCC1)c1nnc(-c2cc(C(C)(C)C)nn2C)[nH]1. The Kier molecular flexibility index (Phi) is 5.95. The molecule has 0 aromatic carbocycles. The summed E-state index contributed by atoms with van der Waals surface area (Å²) in [6.45, 7) is 9.50. The first-order chi connectivity index (χ1) is 13.0. The van der Waals surface area contributed by atoms with Gasteiger partial charge in [-0.3, -0.25) is 4.68 Å². The number of ether oxygens (including phenoxy) is 1. The number of nitrogens with zero attached hydrogens (tertiary/aromatic N) is 4. The average molecular weight is 410 g/mol. The molecule has 0 saturated carbocycles. The van der Waals surface area contributed by atoms with Crippen LogP contribution < -0.4 is 0 Å². The fourth-order valence-corrected chi connectivity index (χ4v) is 5.57. The molecule has 8 nitrogen and oxygen atoms in total. The van der Waals surface area contributed by atoms with Crippen LogP contribution >= 0.6 is 0 Å². The minimum Gasteiger partial charge on any atom is -0.381 e. The number of hydrogen-bond acceptors (Lipinski definition) is 6.